The Labute approximate surface area is 146 Å². The number of benzene rings is 1. The average Bonchev–Trinajstić information content (AvgIpc) is 2.98. The van der Waals surface area contributed by atoms with E-state index >= 15 is 0 Å². The zero-order valence-corrected chi connectivity index (χ0v) is 13.5. The molecule has 0 aliphatic rings. The van der Waals surface area contributed by atoms with Gasteiger partial charge in [0.05, 0.1) is 5.69 Å². The normalized spacial score (nSPS) is 11.3. The van der Waals surface area contributed by atoms with E-state index in [1.807, 2.05) is 35.0 Å². The summed E-state index contributed by atoms with van der Waals surface area (Å²) in [6.45, 7) is 0.366. The number of fused-ring (bicyclic) bond motifs is 1. The van der Waals surface area contributed by atoms with Gasteiger partial charge >= 0.3 is 12.4 Å². The van der Waals surface area contributed by atoms with Crippen molar-refractivity contribution < 1.29 is 22.7 Å². The van der Waals surface area contributed by atoms with Gasteiger partial charge in [0.1, 0.15) is 11.4 Å². The number of nitrogens with one attached hydrogen (secondary N) is 2. The Bertz CT molecular complexity index is 858. The van der Waals surface area contributed by atoms with Gasteiger partial charge in [-0.3, -0.25) is 0 Å². The van der Waals surface area contributed by atoms with Gasteiger partial charge in [-0.1, -0.05) is 6.07 Å². The number of pyridine rings is 1. The van der Waals surface area contributed by atoms with Crippen LogP contribution in [0.5, 0.6) is 5.75 Å². The molecule has 0 atom stereocenters. The number of rotatable bonds is 5. The fourth-order valence-corrected chi connectivity index (χ4v) is 2.33. The minimum atomic E-state index is -4.75. The smallest absolute Gasteiger partial charge is 0.406 e. The zero-order chi connectivity index (χ0) is 18.6. The second kappa shape index (κ2) is 7.34. The minimum Gasteiger partial charge on any atom is -0.406 e. The van der Waals surface area contributed by atoms with Gasteiger partial charge in [-0.15, -0.1) is 13.2 Å². The molecule has 26 heavy (non-hydrogen) atoms. The highest BCUT2D eigenvalue weighted by molar-refractivity contribution is 5.89. The van der Waals surface area contributed by atoms with Crippen LogP contribution in [0.2, 0.25) is 0 Å². The summed E-state index contributed by atoms with van der Waals surface area (Å²) in [5.74, 6) is -0.352. The number of alkyl halides is 3. The molecule has 0 unspecified atom stereocenters. The first-order valence-corrected chi connectivity index (χ1v) is 7.72. The molecule has 1 aromatic carbocycles. The summed E-state index contributed by atoms with van der Waals surface area (Å²) >= 11 is 0. The van der Waals surface area contributed by atoms with Gasteiger partial charge in [0, 0.05) is 31.0 Å². The number of aromatic nitrogens is 2. The molecule has 0 radical (unpaired) electrons. The Kier molecular flexibility index (Phi) is 4.97. The summed E-state index contributed by atoms with van der Waals surface area (Å²) in [7, 11) is 0. The fourth-order valence-electron chi connectivity index (χ4n) is 2.33. The highest BCUT2D eigenvalue weighted by Crippen LogP contribution is 2.23. The SMILES string of the molecule is O=C(NCCc1cn2ccccc2n1)Nc1ccc(OC(F)(F)F)cc1. The molecule has 3 rings (SSSR count). The molecule has 0 aliphatic carbocycles. The van der Waals surface area contributed by atoms with Crippen molar-refractivity contribution in [3.63, 3.8) is 0 Å². The number of ether oxygens (including phenoxy) is 1. The van der Waals surface area contributed by atoms with Crippen molar-refractivity contribution >= 4 is 17.4 Å². The van der Waals surface area contributed by atoms with Crippen molar-refractivity contribution in [2.75, 3.05) is 11.9 Å². The maximum absolute atomic E-state index is 12.1. The second-order valence-corrected chi connectivity index (χ2v) is 5.40. The molecule has 2 N–H and O–H groups in total. The Morgan fingerprint density at radius 2 is 1.92 bits per heavy atom. The van der Waals surface area contributed by atoms with Crippen LogP contribution in [0, 0.1) is 0 Å². The first-order valence-electron chi connectivity index (χ1n) is 7.72. The van der Waals surface area contributed by atoms with Gasteiger partial charge in [-0.05, 0) is 36.4 Å². The summed E-state index contributed by atoms with van der Waals surface area (Å²) in [5, 5.41) is 5.20. The lowest BCUT2D eigenvalue weighted by molar-refractivity contribution is -0.274. The van der Waals surface area contributed by atoms with Crippen LogP contribution in [0.3, 0.4) is 0 Å². The average molecular weight is 364 g/mol. The maximum atomic E-state index is 12.1. The van der Waals surface area contributed by atoms with E-state index in [1.54, 1.807) is 0 Å². The van der Waals surface area contributed by atoms with Crippen molar-refractivity contribution in [2.45, 2.75) is 12.8 Å². The van der Waals surface area contributed by atoms with Crippen LogP contribution in [-0.4, -0.2) is 28.3 Å². The van der Waals surface area contributed by atoms with Crippen LogP contribution in [0.15, 0.2) is 54.9 Å². The van der Waals surface area contributed by atoms with Crippen molar-refractivity contribution in [1.82, 2.24) is 14.7 Å². The van der Waals surface area contributed by atoms with Crippen molar-refractivity contribution in [3.05, 3.63) is 60.6 Å². The summed E-state index contributed by atoms with van der Waals surface area (Å²) in [4.78, 5) is 16.2. The molecule has 0 spiro atoms. The highest BCUT2D eigenvalue weighted by atomic mass is 19.4. The summed E-state index contributed by atoms with van der Waals surface area (Å²) in [6, 6.07) is 10.1. The van der Waals surface area contributed by atoms with E-state index in [4.69, 9.17) is 0 Å². The number of carbonyl (C=O) groups excluding carboxylic acids is 1. The topological polar surface area (TPSA) is 67.7 Å². The number of nitrogens with zero attached hydrogens (tertiary/aromatic N) is 2. The summed E-state index contributed by atoms with van der Waals surface area (Å²) in [6.07, 6.45) is -0.426. The Morgan fingerprint density at radius 1 is 1.15 bits per heavy atom. The maximum Gasteiger partial charge on any atom is 0.573 e. The molecule has 0 aliphatic heterocycles. The first-order chi connectivity index (χ1) is 12.4. The van der Waals surface area contributed by atoms with Gasteiger partial charge in [-0.2, -0.15) is 0 Å². The van der Waals surface area contributed by atoms with Crippen LogP contribution in [0.25, 0.3) is 5.65 Å². The fraction of sp³-hybridized carbons (Fsp3) is 0.176. The van der Waals surface area contributed by atoms with E-state index in [9.17, 15) is 18.0 Å². The van der Waals surface area contributed by atoms with Crippen LogP contribution >= 0.6 is 0 Å². The quantitative estimate of drug-likeness (QED) is 0.727. The molecule has 0 saturated heterocycles. The lowest BCUT2D eigenvalue weighted by Gasteiger charge is -2.10. The molecule has 9 heteroatoms. The molecule has 0 saturated carbocycles. The third-order valence-corrected chi connectivity index (χ3v) is 3.43. The van der Waals surface area contributed by atoms with Gasteiger partial charge in [0.25, 0.3) is 0 Å². The predicted octanol–water partition coefficient (Wildman–Crippen LogP) is 3.60. The van der Waals surface area contributed by atoms with Gasteiger partial charge in [0.15, 0.2) is 0 Å². The monoisotopic (exact) mass is 364 g/mol. The number of halogens is 3. The zero-order valence-electron chi connectivity index (χ0n) is 13.5. The predicted molar refractivity (Wildman–Crippen MR) is 89.0 cm³/mol. The van der Waals surface area contributed by atoms with Crippen molar-refractivity contribution in [2.24, 2.45) is 0 Å². The Morgan fingerprint density at radius 3 is 2.62 bits per heavy atom. The van der Waals surface area contributed by atoms with Crippen LogP contribution in [0.4, 0.5) is 23.7 Å². The minimum absolute atomic E-state index is 0.352. The van der Waals surface area contributed by atoms with E-state index in [1.165, 1.54) is 12.1 Å². The van der Waals surface area contributed by atoms with Gasteiger partial charge < -0.3 is 19.8 Å². The molecule has 136 valence electrons. The summed E-state index contributed by atoms with van der Waals surface area (Å²) < 4.78 is 41.9. The molecule has 2 heterocycles. The number of hydrogen-bond donors (Lipinski definition) is 2. The molecule has 0 bridgehead atoms. The largest absolute Gasteiger partial charge is 0.573 e. The van der Waals surface area contributed by atoms with Crippen LogP contribution in [-0.2, 0) is 6.42 Å². The van der Waals surface area contributed by atoms with Gasteiger partial charge in [0.2, 0.25) is 0 Å². The van der Waals surface area contributed by atoms with Crippen LogP contribution in [0.1, 0.15) is 5.69 Å². The molecular weight excluding hydrogens is 349 g/mol. The number of hydrogen-bond acceptors (Lipinski definition) is 3. The number of urea groups is 1. The van der Waals surface area contributed by atoms with Crippen LogP contribution < -0.4 is 15.4 Å². The molecule has 2 amide bonds. The summed E-state index contributed by atoms with van der Waals surface area (Å²) in [5.41, 5.74) is 2.02. The van der Waals surface area contributed by atoms with Crippen molar-refractivity contribution in [1.29, 1.82) is 0 Å². The third-order valence-electron chi connectivity index (χ3n) is 3.43. The molecule has 2 aromatic heterocycles. The Hall–Kier alpha value is -3.23. The molecular formula is C17H15F3N4O2. The molecule has 3 aromatic rings. The van der Waals surface area contributed by atoms with E-state index in [0.717, 1.165) is 23.5 Å². The van der Waals surface area contributed by atoms with Gasteiger partial charge in [-0.25, -0.2) is 9.78 Å². The van der Waals surface area contributed by atoms with E-state index in [-0.39, 0.29) is 5.75 Å². The Balaban J connectivity index is 1.46. The second-order valence-electron chi connectivity index (χ2n) is 5.40. The van der Waals surface area contributed by atoms with Crippen molar-refractivity contribution in [3.8, 4) is 5.75 Å². The number of anilines is 1. The lowest BCUT2D eigenvalue weighted by Crippen LogP contribution is -2.30. The first kappa shape index (κ1) is 17.6. The standard InChI is InChI=1S/C17H15F3N4O2/c18-17(19,20)26-14-6-4-12(5-7-14)23-16(25)21-9-8-13-11-24-10-2-1-3-15(24)22-13/h1-7,10-11H,8-9H2,(H2,21,23,25). The number of imidazole rings is 1. The van der Waals surface area contributed by atoms with E-state index in [0.29, 0.717) is 18.7 Å². The van der Waals surface area contributed by atoms with E-state index in [2.05, 4.69) is 20.4 Å². The third kappa shape index (κ3) is 4.88. The number of amides is 2. The lowest BCUT2D eigenvalue weighted by atomic mass is 10.3. The highest BCUT2D eigenvalue weighted by Gasteiger charge is 2.30. The molecule has 6 nitrogen and oxygen atoms in total. The number of carbonyl (C=O) groups is 1. The molecule has 0 fully saturated rings. The van der Waals surface area contributed by atoms with E-state index < -0.39 is 12.4 Å².